The molecule has 0 fully saturated rings. The number of carbonyl (C=O) groups is 2. The third-order valence-corrected chi connectivity index (χ3v) is 6.19. The predicted molar refractivity (Wildman–Crippen MR) is 130 cm³/mol. The topological polar surface area (TPSA) is 58.6 Å². The standard InChI is InChI=1S/C26H35ClN2O3/c1-6-8-13-28-26(31)23(7-2)29(16-21-12-10-9-11-18(21)3)24(30)17-32-22-14-19(4)25(27)20(5)15-22/h9-12,14-15,23H,6-8,13,16-17H2,1-5H3,(H,28,31). The van der Waals surface area contributed by atoms with Gasteiger partial charge in [-0.1, -0.05) is 56.1 Å². The molecular weight excluding hydrogens is 424 g/mol. The lowest BCUT2D eigenvalue weighted by Crippen LogP contribution is -2.50. The molecule has 1 atom stereocenters. The van der Waals surface area contributed by atoms with E-state index < -0.39 is 6.04 Å². The van der Waals surface area contributed by atoms with E-state index in [2.05, 4.69) is 12.2 Å². The average Bonchev–Trinajstić information content (AvgIpc) is 2.77. The summed E-state index contributed by atoms with van der Waals surface area (Å²) < 4.78 is 5.82. The zero-order valence-corrected chi connectivity index (χ0v) is 20.6. The summed E-state index contributed by atoms with van der Waals surface area (Å²) in [6, 6.07) is 11.0. The van der Waals surface area contributed by atoms with Gasteiger partial charge in [-0.05, 0) is 68.0 Å². The molecule has 0 spiro atoms. The number of nitrogens with one attached hydrogen (secondary N) is 1. The first-order valence-corrected chi connectivity index (χ1v) is 11.7. The summed E-state index contributed by atoms with van der Waals surface area (Å²) in [6.45, 7) is 10.6. The highest BCUT2D eigenvalue weighted by Crippen LogP contribution is 2.26. The van der Waals surface area contributed by atoms with Crippen molar-refractivity contribution < 1.29 is 14.3 Å². The summed E-state index contributed by atoms with van der Waals surface area (Å²) in [7, 11) is 0. The molecule has 2 rings (SSSR count). The van der Waals surface area contributed by atoms with Crippen LogP contribution in [0.3, 0.4) is 0 Å². The number of unbranched alkanes of at least 4 members (excludes halogenated alkanes) is 1. The fourth-order valence-electron chi connectivity index (χ4n) is 3.61. The number of hydrogen-bond acceptors (Lipinski definition) is 3. The van der Waals surface area contributed by atoms with Crippen molar-refractivity contribution in [3.8, 4) is 5.75 Å². The number of rotatable bonds is 11. The van der Waals surface area contributed by atoms with Crippen LogP contribution in [-0.2, 0) is 16.1 Å². The van der Waals surface area contributed by atoms with E-state index in [1.807, 2.05) is 64.1 Å². The van der Waals surface area contributed by atoms with Crippen LogP contribution < -0.4 is 10.1 Å². The van der Waals surface area contributed by atoms with E-state index >= 15 is 0 Å². The minimum Gasteiger partial charge on any atom is -0.484 e. The Labute approximate surface area is 197 Å². The SMILES string of the molecule is CCCCNC(=O)C(CC)N(Cc1ccccc1C)C(=O)COc1cc(C)c(Cl)c(C)c1. The third kappa shape index (κ3) is 6.99. The third-order valence-electron chi connectivity index (χ3n) is 5.59. The van der Waals surface area contributed by atoms with E-state index in [1.165, 1.54) is 0 Å². The molecule has 32 heavy (non-hydrogen) atoms. The normalized spacial score (nSPS) is 11.7. The van der Waals surface area contributed by atoms with Gasteiger partial charge >= 0.3 is 0 Å². The first kappa shape index (κ1) is 25.7. The minimum absolute atomic E-state index is 0.124. The van der Waals surface area contributed by atoms with Gasteiger partial charge in [-0.2, -0.15) is 0 Å². The van der Waals surface area contributed by atoms with Crippen LogP contribution in [0, 0.1) is 20.8 Å². The smallest absolute Gasteiger partial charge is 0.261 e. The van der Waals surface area contributed by atoms with E-state index in [1.54, 1.807) is 4.90 Å². The molecule has 1 unspecified atom stereocenters. The lowest BCUT2D eigenvalue weighted by molar-refractivity contribution is -0.143. The van der Waals surface area contributed by atoms with Crippen molar-refractivity contribution in [3.63, 3.8) is 0 Å². The van der Waals surface area contributed by atoms with Crippen molar-refractivity contribution in [1.82, 2.24) is 10.2 Å². The minimum atomic E-state index is -0.559. The molecule has 2 aromatic carbocycles. The van der Waals surface area contributed by atoms with Gasteiger partial charge in [0.25, 0.3) is 5.91 Å². The van der Waals surface area contributed by atoms with Gasteiger partial charge in [0, 0.05) is 18.1 Å². The fraction of sp³-hybridized carbons (Fsp3) is 0.462. The maximum atomic E-state index is 13.3. The molecule has 2 aromatic rings. The Morgan fingerprint density at radius 3 is 2.31 bits per heavy atom. The van der Waals surface area contributed by atoms with Gasteiger partial charge in [0.05, 0.1) is 0 Å². The van der Waals surface area contributed by atoms with Gasteiger partial charge in [-0.3, -0.25) is 9.59 Å². The summed E-state index contributed by atoms with van der Waals surface area (Å²) >= 11 is 6.24. The summed E-state index contributed by atoms with van der Waals surface area (Å²) in [5.74, 6) is 0.242. The van der Waals surface area contributed by atoms with Crippen LogP contribution >= 0.6 is 11.6 Å². The molecule has 0 aliphatic heterocycles. The number of aryl methyl sites for hydroxylation is 3. The molecular formula is C26H35ClN2O3. The molecule has 0 aromatic heterocycles. The van der Waals surface area contributed by atoms with Crippen molar-refractivity contribution in [2.75, 3.05) is 13.2 Å². The molecule has 5 nitrogen and oxygen atoms in total. The van der Waals surface area contributed by atoms with Crippen LogP contribution in [0.2, 0.25) is 5.02 Å². The van der Waals surface area contributed by atoms with Gasteiger partial charge in [0.2, 0.25) is 5.91 Å². The van der Waals surface area contributed by atoms with Gasteiger partial charge in [0.1, 0.15) is 11.8 Å². The molecule has 0 saturated carbocycles. The Bertz CT molecular complexity index is 906. The summed E-state index contributed by atoms with van der Waals surface area (Å²) in [5.41, 5.74) is 3.88. The molecule has 0 heterocycles. The molecule has 1 N–H and O–H groups in total. The Morgan fingerprint density at radius 2 is 1.72 bits per heavy atom. The van der Waals surface area contributed by atoms with Crippen LogP contribution in [0.15, 0.2) is 36.4 Å². The summed E-state index contributed by atoms with van der Waals surface area (Å²) in [5, 5.41) is 3.67. The molecule has 0 saturated heterocycles. The van der Waals surface area contributed by atoms with Crippen molar-refractivity contribution >= 4 is 23.4 Å². The number of amides is 2. The first-order chi connectivity index (χ1) is 15.3. The second kappa shape index (κ2) is 12.5. The van der Waals surface area contributed by atoms with Gasteiger partial charge in [0.15, 0.2) is 6.61 Å². The van der Waals surface area contributed by atoms with Crippen LogP contribution in [-0.4, -0.2) is 35.9 Å². The lowest BCUT2D eigenvalue weighted by atomic mass is 10.1. The summed E-state index contributed by atoms with van der Waals surface area (Å²) in [6.07, 6.45) is 2.43. The Kier molecular flexibility index (Phi) is 10.0. The highest BCUT2D eigenvalue weighted by atomic mass is 35.5. The number of ether oxygens (including phenoxy) is 1. The van der Waals surface area contributed by atoms with Crippen molar-refractivity contribution in [1.29, 1.82) is 0 Å². The zero-order valence-electron chi connectivity index (χ0n) is 19.8. The fourth-order valence-corrected chi connectivity index (χ4v) is 3.72. The van der Waals surface area contributed by atoms with Crippen LogP contribution in [0.4, 0.5) is 0 Å². The second-order valence-corrected chi connectivity index (χ2v) is 8.55. The molecule has 2 amide bonds. The average molecular weight is 459 g/mol. The van der Waals surface area contributed by atoms with E-state index in [-0.39, 0.29) is 18.4 Å². The predicted octanol–water partition coefficient (Wildman–Crippen LogP) is 5.37. The number of nitrogens with zero attached hydrogens (tertiary/aromatic N) is 1. The largest absolute Gasteiger partial charge is 0.484 e. The van der Waals surface area contributed by atoms with E-state index in [4.69, 9.17) is 16.3 Å². The van der Waals surface area contributed by atoms with E-state index in [0.717, 1.165) is 35.1 Å². The number of hydrogen-bond donors (Lipinski definition) is 1. The van der Waals surface area contributed by atoms with E-state index in [0.29, 0.717) is 30.3 Å². The van der Waals surface area contributed by atoms with Crippen LogP contribution in [0.1, 0.15) is 55.4 Å². The van der Waals surface area contributed by atoms with Crippen molar-refractivity contribution in [2.45, 2.75) is 66.5 Å². The summed E-state index contributed by atoms with van der Waals surface area (Å²) in [4.78, 5) is 27.8. The monoisotopic (exact) mass is 458 g/mol. The Balaban J connectivity index is 2.22. The molecule has 0 radical (unpaired) electrons. The molecule has 174 valence electrons. The maximum Gasteiger partial charge on any atom is 0.261 e. The Morgan fingerprint density at radius 1 is 1.06 bits per heavy atom. The lowest BCUT2D eigenvalue weighted by Gasteiger charge is -2.31. The van der Waals surface area contributed by atoms with Gasteiger partial charge in [-0.25, -0.2) is 0 Å². The molecule has 0 aliphatic rings. The molecule has 0 bridgehead atoms. The van der Waals surface area contributed by atoms with E-state index in [9.17, 15) is 9.59 Å². The highest BCUT2D eigenvalue weighted by Gasteiger charge is 2.29. The van der Waals surface area contributed by atoms with Gasteiger partial charge in [-0.15, -0.1) is 0 Å². The number of halogens is 1. The maximum absolute atomic E-state index is 13.3. The number of benzene rings is 2. The van der Waals surface area contributed by atoms with Crippen molar-refractivity contribution in [3.05, 3.63) is 63.7 Å². The zero-order chi connectivity index (χ0) is 23.7. The van der Waals surface area contributed by atoms with Crippen LogP contribution in [0.25, 0.3) is 0 Å². The first-order valence-electron chi connectivity index (χ1n) is 11.3. The molecule has 0 aliphatic carbocycles. The van der Waals surface area contributed by atoms with Crippen molar-refractivity contribution in [2.24, 2.45) is 0 Å². The quantitative estimate of drug-likeness (QED) is 0.460. The van der Waals surface area contributed by atoms with Gasteiger partial charge < -0.3 is 15.0 Å². The number of carbonyl (C=O) groups excluding carboxylic acids is 2. The second-order valence-electron chi connectivity index (χ2n) is 8.18. The highest BCUT2D eigenvalue weighted by molar-refractivity contribution is 6.32. The Hall–Kier alpha value is -2.53. The van der Waals surface area contributed by atoms with Crippen LogP contribution in [0.5, 0.6) is 5.75 Å². The molecule has 6 heteroatoms.